The number of rotatable bonds is 1. The molecule has 6 heteroatoms. The van der Waals surface area contributed by atoms with Crippen molar-refractivity contribution in [3.05, 3.63) is 33.5 Å². The van der Waals surface area contributed by atoms with Crippen LogP contribution in [0.3, 0.4) is 0 Å². The van der Waals surface area contributed by atoms with Gasteiger partial charge in [-0.05, 0) is 12.1 Å². The van der Waals surface area contributed by atoms with Crippen LogP contribution in [0.5, 0.6) is 0 Å². The summed E-state index contributed by atoms with van der Waals surface area (Å²) in [6, 6.07) is 1.91. The molecule has 0 spiro atoms. The van der Waals surface area contributed by atoms with Crippen molar-refractivity contribution in [2.45, 2.75) is 12.1 Å². The van der Waals surface area contributed by atoms with Crippen molar-refractivity contribution in [2.75, 3.05) is 0 Å². The first-order valence-corrected chi connectivity index (χ1v) is 4.80. The van der Waals surface area contributed by atoms with Gasteiger partial charge < -0.3 is 0 Å². The van der Waals surface area contributed by atoms with E-state index in [0.717, 1.165) is 0 Å². The minimum atomic E-state index is -4.70. The van der Waals surface area contributed by atoms with E-state index in [4.69, 9.17) is 11.6 Å². The summed E-state index contributed by atoms with van der Waals surface area (Å²) in [5.41, 5.74) is -1.48. The topological polar surface area (TPSA) is 0 Å². The molecule has 0 aliphatic rings. The minimum Gasteiger partial charge on any atom is -0.206 e. The molecule has 0 amide bonds. The maximum Gasteiger partial charge on any atom is 0.419 e. The molecule has 0 aliphatic heterocycles. The van der Waals surface area contributed by atoms with Crippen molar-refractivity contribution in [2.24, 2.45) is 0 Å². The summed E-state index contributed by atoms with van der Waals surface area (Å²) in [4.78, 5) is 0. The van der Waals surface area contributed by atoms with Gasteiger partial charge in [0, 0.05) is 10.0 Å². The molecule has 0 bridgehead atoms. The van der Waals surface area contributed by atoms with Gasteiger partial charge >= 0.3 is 6.18 Å². The van der Waals surface area contributed by atoms with Gasteiger partial charge in [-0.1, -0.05) is 15.9 Å². The van der Waals surface area contributed by atoms with E-state index in [1.807, 2.05) is 0 Å². The zero-order valence-electron chi connectivity index (χ0n) is 6.63. The van der Waals surface area contributed by atoms with Crippen molar-refractivity contribution in [1.82, 2.24) is 0 Å². The maximum absolute atomic E-state index is 13.1. The SMILES string of the molecule is Fc1c(CCl)cc(Br)cc1C(F)(F)F. The van der Waals surface area contributed by atoms with Crippen molar-refractivity contribution in [3.63, 3.8) is 0 Å². The Labute approximate surface area is 91.0 Å². The molecule has 0 heterocycles. The highest BCUT2D eigenvalue weighted by Crippen LogP contribution is 2.35. The second-order valence-corrected chi connectivity index (χ2v) is 3.74. The Kier molecular flexibility index (Phi) is 3.42. The Morgan fingerprint density at radius 2 is 1.86 bits per heavy atom. The zero-order valence-corrected chi connectivity index (χ0v) is 8.97. The third kappa shape index (κ3) is 2.39. The Hall–Kier alpha value is -0.290. The molecule has 0 aliphatic carbocycles. The predicted octanol–water partition coefficient (Wildman–Crippen LogP) is 4.35. The molecule has 1 aromatic rings. The molecular weight excluding hydrogens is 287 g/mol. The third-order valence-corrected chi connectivity index (χ3v) is 2.31. The van der Waals surface area contributed by atoms with E-state index in [1.54, 1.807) is 0 Å². The highest BCUT2D eigenvalue weighted by molar-refractivity contribution is 9.10. The van der Waals surface area contributed by atoms with Crippen LogP contribution in [0.25, 0.3) is 0 Å². The number of benzene rings is 1. The minimum absolute atomic E-state index is 0.155. The van der Waals surface area contributed by atoms with Gasteiger partial charge in [-0.25, -0.2) is 4.39 Å². The summed E-state index contributed by atoms with van der Waals surface area (Å²) < 4.78 is 50.0. The van der Waals surface area contributed by atoms with Crippen LogP contribution in [-0.4, -0.2) is 0 Å². The van der Waals surface area contributed by atoms with Crippen molar-refractivity contribution in [3.8, 4) is 0 Å². The molecule has 0 atom stereocenters. The molecule has 0 aromatic heterocycles. The van der Waals surface area contributed by atoms with Crippen LogP contribution in [0.1, 0.15) is 11.1 Å². The van der Waals surface area contributed by atoms with E-state index in [9.17, 15) is 17.6 Å². The molecule has 0 fully saturated rings. The lowest BCUT2D eigenvalue weighted by atomic mass is 10.1. The van der Waals surface area contributed by atoms with Gasteiger partial charge in [-0.3, -0.25) is 0 Å². The van der Waals surface area contributed by atoms with Gasteiger partial charge in [-0.15, -0.1) is 11.6 Å². The molecular formula is C8H4BrClF4. The largest absolute Gasteiger partial charge is 0.419 e. The highest BCUT2D eigenvalue weighted by Gasteiger charge is 2.35. The van der Waals surface area contributed by atoms with E-state index >= 15 is 0 Å². The summed E-state index contributed by atoms with van der Waals surface area (Å²) in [7, 11) is 0. The van der Waals surface area contributed by atoms with Crippen molar-refractivity contribution >= 4 is 27.5 Å². The third-order valence-electron chi connectivity index (χ3n) is 1.56. The second-order valence-electron chi connectivity index (χ2n) is 2.56. The molecule has 1 rings (SSSR count). The molecule has 0 radical (unpaired) electrons. The first-order chi connectivity index (χ1) is 6.36. The smallest absolute Gasteiger partial charge is 0.206 e. The Balaban J connectivity index is 3.37. The monoisotopic (exact) mass is 290 g/mol. The molecule has 0 saturated heterocycles. The fraction of sp³-hybridized carbons (Fsp3) is 0.250. The van der Waals surface area contributed by atoms with Gasteiger partial charge in [-0.2, -0.15) is 13.2 Å². The van der Waals surface area contributed by atoms with Crippen LogP contribution in [0, 0.1) is 5.82 Å². The van der Waals surface area contributed by atoms with E-state index in [0.29, 0.717) is 6.07 Å². The molecule has 0 unspecified atom stereocenters. The van der Waals surface area contributed by atoms with Crippen LogP contribution in [-0.2, 0) is 12.1 Å². The number of hydrogen-bond donors (Lipinski definition) is 0. The van der Waals surface area contributed by atoms with E-state index in [-0.39, 0.29) is 15.9 Å². The molecule has 14 heavy (non-hydrogen) atoms. The van der Waals surface area contributed by atoms with E-state index < -0.39 is 17.6 Å². The molecule has 1 aromatic carbocycles. The summed E-state index contributed by atoms with van der Waals surface area (Å²) in [6.07, 6.45) is -4.70. The van der Waals surface area contributed by atoms with Gasteiger partial charge in [0.2, 0.25) is 0 Å². The molecule has 0 saturated carbocycles. The first-order valence-electron chi connectivity index (χ1n) is 3.47. The normalized spacial score (nSPS) is 11.9. The summed E-state index contributed by atoms with van der Waals surface area (Å²) in [5.74, 6) is -1.61. The number of halogens is 6. The number of hydrogen-bond acceptors (Lipinski definition) is 0. The lowest BCUT2D eigenvalue weighted by Crippen LogP contribution is -2.09. The molecule has 78 valence electrons. The fourth-order valence-corrected chi connectivity index (χ4v) is 1.65. The average molecular weight is 291 g/mol. The Morgan fingerprint density at radius 1 is 1.29 bits per heavy atom. The summed E-state index contributed by atoms with van der Waals surface area (Å²) in [5, 5.41) is 0. The Bertz CT molecular complexity index is 348. The van der Waals surface area contributed by atoms with Gasteiger partial charge in [0.15, 0.2) is 0 Å². The van der Waals surface area contributed by atoms with Crippen LogP contribution in [0.4, 0.5) is 17.6 Å². The zero-order chi connectivity index (χ0) is 10.9. The predicted molar refractivity (Wildman–Crippen MR) is 48.7 cm³/mol. The van der Waals surface area contributed by atoms with Gasteiger partial charge in [0.1, 0.15) is 5.82 Å². The highest BCUT2D eigenvalue weighted by atomic mass is 79.9. The van der Waals surface area contributed by atoms with Crippen LogP contribution in [0.2, 0.25) is 0 Å². The van der Waals surface area contributed by atoms with Crippen LogP contribution >= 0.6 is 27.5 Å². The van der Waals surface area contributed by atoms with Crippen LogP contribution < -0.4 is 0 Å². The van der Waals surface area contributed by atoms with Crippen molar-refractivity contribution in [1.29, 1.82) is 0 Å². The van der Waals surface area contributed by atoms with E-state index in [2.05, 4.69) is 15.9 Å². The number of alkyl halides is 4. The summed E-state index contributed by atoms with van der Waals surface area (Å²) in [6.45, 7) is 0. The van der Waals surface area contributed by atoms with E-state index in [1.165, 1.54) is 6.07 Å². The maximum atomic E-state index is 13.1. The molecule has 0 nitrogen and oxygen atoms in total. The summed E-state index contributed by atoms with van der Waals surface area (Å²) >= 11 is 8.15. The van der Waals surface area contributed by atoms with Crippen molar-refractivity contribution < 1.29 is 17.6 Å². The lowest BCUT2D eigenvalue weighted by molar-refractivity contribution is -0.140. The van der Waals surface area contributed by atoms with Gasteiger partial charge in [0.05, 0.1) is 11.4 Å². The lowest BCUT2D eigenvalue weighted by Gasteiger charge is -2.10. The molecule has 0 N–H and O–H groups in total. The second kappa shape index (κ2) is 4.06. The van der Waals surface area contributed by atoms with Gasteiger partial charge in [0.25, 0.3) is 0 Å². The van der Waals surface area contributed by atoms with Crippen LogP contribution in [0.15, 0.2) is 16.6 Å². The Morgan fingerprint density at radius 3 is 2.29 bits per heavy atom. The average Bonchev–Trinajstić information content (AvgIpc) is 2.06. The first kappa shape index (κ1) is 11.8. The quantitative estimate of drug-likeness (QED) is 0.533. The standard InChI is InChI=1S/C8H4BrClF4/c9-5-1-4(3-10)7(11)6(2-5)8(12,13)14/h1-2H,3H2. The fourth-order valence-electron chi connectivity index (χ4n) is 0.949.